The summed E-state index contributed by atoms with van der Waals surface area (Å²) < 4.78 is 13.8. The van der Waals surface area contributed by atoms with Crippen molar-refractivity contribution in [1.82, 2.24) is 10.2 Å². The van der Waals surface area contributed by atoms with E-state index in [-0.39, 0.29) is 17.4 Å². The van der Waals surface area contributed by atoms with Crippen LogP contribution < -0.4 is 10.6 Å². The first-order valence-corrected chi connectivity index (χ1v) is 11.0. The summed E-state index contributed by atoms with van der Waals surface area (Å²) in [6, 6.07) is 13.2. The molecule has 0 bridgehead atoms. The Kier molecular flexibility index (Phi) is 7.46. The van der Waals surface area contributed by atoms with Crippen LogP contribution in [0.5, 0.6) is 0 Å². The van der Waals surface area contributed by atoms with Gasteiger partial charge in [0, 0.05) is 24.5 Å². The summed E-state index contributed by atoms with van der Waals surface area (Å²) >= 11 is 1.48. The summed E-state index contributed by atoms with van der Waals surface area (Å²) in [4.78, 5) is 39.3. The highest BCUT2D eigenvalue weighted by molar-refractivity contribution is 7.98. The van der Waals surface area contributed by atoms with Crippen LogP contribution in [0.25, 0.3) is 0 Å². The molecule has 2 aromatic rings. The van der Waals surface area contributed by atoms with E-state index >= 15 is 0 Å². The average Bonchev–Trinajstić information content (AvgIpc) is 2.78. The predicted octanol–water partition coefficient (Wildman–Crippen LogP) is 3.15. The molecule has 3 rings (SSSR count). The molecule has 30 heavy (non-hydrogen) atoms. The number of rotatable bonds is 5. The molecule has 0 radical (unpaired) electrons. The average molecular weight is 430 g/mol. The van der Waals surface area contributed by atoms with E-state index in [1.54, 1.807) is 29.2 Å². The minimum Gasteiger partial charge on any atom is -0.348 e. The number of anilines is 1. The zero-order valence-electron chi connectivity index (χ0n) is 16.7. The number of carbonyl (C=O) groups is 3. The van der Waals surface area contributed by atoms with Gasteiger partial charge in [0.05, 0.1) is 11.3 Å². The van der Waals surface area contributed by atoms with E-state index in [1.165, 1.54) is 23.9 Å². The number of piperidine rings is 1. The summed E-state index contributed by atoms with van der Waals surface area (Å²) in [5.41, 5.74) is 0.677. The van der Waals surface area contributed by atoms with Crippen LogP contribution in [0.3, 0.4) is 0 Å². The molecule has 1 fully saturated rings. The fourth-order valence-electron chi connectivity index (χ4n) is 3.39. The molecule has 1 aliphatic heterocycles. The molecule has 0 unspecified atom stereocenters. The van der Waals surface area contributed by atoms with Crippen molar-refractivity contribution in [2.75, 3.05) is 31.2 Å². The summed E-state index contributed by atoms with van der Waals surface area (Å²) in [5, 5.41) is 5.31. The van der Waals surface area contributed by atoms with Crippen LogP contribution in [0, 0.1) is 11.7 Å². The van der Waals surface area contributed by atoms with Gasteiger partial charge in [-0.15, -0.1) is 11.8 Å². The van der Waals surface area contributed by atoms with Crippen LogP contribution >= 0.6 is 11.8 Å². The first-order valence-electron chi connectivity index (χ1n) is 9.75. The molecule has 0 aliphatic carbocycles. The monoisotopic (exact) mass is 429 g/mol. The number of thioether (sulfide) groups is 1. The van der Waals surface area contributed by atoms with Crippen molar-refractivity contribution in [2.45, 2.75) is 17.7 Å². The molecular weight excluding hydrogens is 405 g/mol. The number of benzene rings is 2. The van der Waals surface area contributed by atoms with Crippen LogP contribution in [0.15, 0.2) is 53.4 Å². The molecule has 1 aliphatic rings. The Morgan fingerprint density at radius 2 is 1.70 bits per heavy atom. The number of para-hydroxylation sites is 1. The molecule has 1 heterocycles. The van der Waals surface area contributed by atoms with Crippen molar-refractivity contribution in [1.29, 1.82) is 0 Å². The van der Waals surface area contributed by atoms with Gasteiger partial charge in [0.1, 0.15) is 5.82 Å². The van der Waals surface area contributed by atoms with Gasteiger partial charge in [0.15, 0.2) is 0 Å². The standard InChI is InChI=1S/C22H24FN3O3S/c1-30-19-9-5-4-8-18(19)25-21(28)20(27)24-14-15-10-12-26(13-11-15)22(29)16-6-2-3-7-17(16)23/h2-9,15H,10-14H2,1H3,(H,24,27)(H,25,28). The van der Waals surface area contributed by atoms with E-state index in [9.17, 15) is 18.8 Å². The van der Waals surface area contributed by atoms with Gasteiger partial charge in [-0.25, -0.2) is 4.39 Å². The minimum absolute atomic E-state index is 0.0754. The molecule has 8 heteroatoms. The molecule has 3 amide bonds. The van der Waals surface area contributed by atoms with Crippen molar-refractivity contribution in [2.24, 2.45) is 5.92 Å². The third-order valence-corrected chi connectivity index (χ3v) is 5.91. The molecule has 0 atom stereocenters. The van der Waals surface area contributed by atoms with Gasteiger partial charge in [0.2, 0.25) is 0 Å². The van der Waals surface area contributed by atoms with Gasteiger partial charge in [-0.1, -0.05) is 24.3 Å². The highest BCUT2D eigenvalue weighted by atomic mass is 32.2. The maximum Gasteiger partial charge on any atom is 0.313 e. The lowest BCUT2D eigenvalue weighted by Crippen LogP contribution is -2.43. The first kappa shape index (κ1) is 21.8. The number of nitrogens with zero attached hydrogens (tertiary/aromatic N) is 1. The zero-order chi connectivity index (χ0) is 21.5. The number of likely N-dealkylation sites (tertiary alicyclic amines) is 1. The number of amides is 3. The molecule has 2 aromatic carbocycles. The second kappa shape index (κ2) is 10.2. The lowest BCUT2D eigenvalue weighted by molar-refractivity contribution is -0.136. The number of halogens is 1. The van der Waals surface area contributed by atoms with Crippen molar-refractivity contribution >= 4 is 35.2 Å². The van der Waals surface area contributed by atoms with E-state index in [2.05, 4.69) is 10.6 Å². The molecule has 0 spiro atoms. The van der Waals surface area contributed by atoms with Gasteiger partial charge in [0.25, 0.3) is 5.91 Å². The van der Waals surface area contributed by atoms with E-state index in [0.29, 0.717) is 38.2 Å². The minimum atomic E-state index is -0.705. The highest BCUT2D eigenvalue weighted by Gasteiger charge is 2.26. The second-order valence-electron chi connectivity index (χ2n) is 7.08. The number of hydrogen-bond donors (Lipinski definition) is 2. The van der Waals surface area contributed by atoms with E-state index in [1.807, 2.05) is 18.4 Å². The first-order chi connectivity index (χ1) is 14.5. The summed E-state index contributed by atoms with van der Waals surface area (Å²) in [5.74, 6) is -2.07. The van der Waals surface area contributed by atoms with Crippen molar-refractivity contribution in [3.05, 3.63) is 59.9 Å². The molecule has 2 N–H and O–H groups in total. The fraction of sp³-hybridized carbons (Fsp3) is 0.318. The van der Waals surface area contributed by atoms with Crippen LogP contribution in [0.2, 0.25) is 0 Å². The maximum absolute atomic E-state index is 13.8. The van der Waals surface area contributed by atoms with Crippen molar-refractivity contribution in [3.63, 3.8) is 0 Å². The normalized spacial score (nSPS) is 14.3. The summed E-state index contributed by atoms with van der Waals surface area (Å²) in [6.45, 7) is 1.33. The number of hydrogen-bond acceptors (Lipinski definition) is 4. The number of nitrogens with one attached hydrogen (secondary N) is 2. The number of carbonyl (C=O) groups excluding carboxylic acids is 3. The molecule has 158 valence electrons. The molecular formula is C22H24FN3O3S. The van der Waals surface area contributed by atoms with Crippen LogP contribution in [-0.2, 0) is 9.59 Å². The lowest BCUT2D eigenvalue weighted by atomic mass is 9.96. The molecule has 0 saturated carbocycles. The van der Waals surface area contributed by atoms with Gasteiger partial charge >= 0.3 is 11.8 Å². The third kappa shape index (κ3) is 5.38. The Morgan fingerprint density at radius 3 is 2.40 bits per heavy atom. The van der Waals surface area contributed by atoms with Crippen LogP contribution in [-0.4, -0.2) is 48.5 Å². The molecule has 0 aromatic heterocycles. The Bertz CT molecular complexity index is 929. The summed E-state index contributed by atoms with van der Waals surface area (Å²) in [7, 11) is 0. The van der Waals surface area contributed by atoms with E-state index in [4.69, 9.17) is 0 Å². The topological polar surface area (TPSA) is 78.5 Å². The maximum atomic E-state index is 13.8. The van der Waals surface area contributed by atoms with Gasteiger partial charge in [-0.2, -0.15) is 0 Å². The second-order valence-corrected chi connectivity index (χ2v) is 7.93. The van der Waals surface area contributed by atoms with E-state index < -0.39 is 17.6 Å². The third-order valence-electron chi connectivity index (χ3n) is 5.12. The SMILES string of the molecule is CSc1ccccc1NC(=O)C(=O)NCC1CCN(C(=O)c2ccccc2F)CC1. The molecule has 1 saturated heterocycles. The zero-order valence-corrected chi connectivity index (χ0v) is 17.5. The Balaban J connectivity index is 1.45. The van der Waals surface area contributed by atoms with Crippen molar-refractivity contribution < 1.29 is 18.8 Å². The van der Waals surface area contributed by atoms with Crippen LogP contribution in [0.4, 0.5) is 10.1 Å². The lowest BCUT2D eigenvalue weighted by Gasteiger charge is -2.32. The largest absolute Gasteiger partial charge is 0.348 e. The van der Waals surface area contributed by atoms with Gasteiger partial charge in [-0.3, -0.25) is 14.4 Å². The summed E-state index contributed by atoms with van der Waals surface area (Å²) in [6.07, 6.45) is 3.25. The highest BCUT2D eigenvalue weighted by Crippen LogP contribution is 2.24. The van der Waals surface area contributed by atoms with Crippen molar-refractivity contribution in [3.8, 4) is 0 Å². The fourth-order valence-corrected chi connectivity index (χ4v) is 3.94. The Labute approximate surface area is 179 Å². The predicted molar refractivity (Wildman–Crippen MR) is 115 cm³/mol. The van der Waals surface area contributed by atoms with Gasteiger partial charge in [-0.05, 0) is 49.3 Å². The quantitative estimate of drug-likeness (QED) is 0.565. The smallest absolute Gasteiger partial charge is 0.313 e. The molecule has 6 nitrogen and oxygen atoms in total. The van der Waals surface area contributed by atoms with Gasteiger partial charge < -0.3 is 15.5 Å². The Hall–Kier alpha value is -2.87. The Morgan fingerprint density at radius 1 is 1.03 bits per heavy atom. The van der Waals surface area contributed by atoms with Crippen LogP contribution in [0.1, 0.15) is 23.2 Å². The van der Waals surface area contributed by atoms with E-state index in [0.717, 1.165) is 4.90 Å².